The van der Waals surface area contributed by atoms with E-state index in [4.69, 9.17) is 16.3 Å². The highest BCUT2D eigenvalue weighted by Gasteiger charge is 2.23. The van der Waals surface area contributed by atoms with Crippen LogP contribution >= 0.6 is 11.6 Å². The quantitative estimate of drug-likeness (QED) is 0.662. The fourth-order valence-electron chi connectivity index (χ4n) is 3.61. The predicted molar refractivity (Wildman–Crippen MR) is 114 cm³/mol. The molecule has 4 rings (SSSR count). The Morgan fingerprint density at radius 1 is 1.21 bits per heavy atom. The highest BCUT2D eigenvalue weighted by atomic mass is 35.5. The van der Waals surface area contributed by atoms with Crippen molar-refractivity contribution >= 4 is 38.3 Å². The second kappa shape index (κ2) is 7.85. The summed E-state index contributed by atoms with van der Waals surface area (Å²) in [6, 6.07) is 8.52. The van der Waals surface area contributed by atoms with Crippen LogP contribution in [0.15, 0.2) is 47.6 Å². The fourth-order valence-corrected chi connectivity index (χ4v) is 5.12. The van der Waals surface area contributed by atoms with E-state index in [-0.39, 0.29) is 10.9 Å². The second-order valence-electron chi connectivity index (χ2n) is 7.27. The number of hydrogen-bond donors (Lipinski definition) is 1. The lowest BCUT2D eigenvalue weighted by Gasteiger charge is -2.30. The number of nitrogens with one attached hydrogen (secondary N) is 1. The maximum atomic E-state index is 13.3. The lowest BCUT2D eigenvalue weighted by Crippen LogP contribution is -2.36. The number of nitrogens with zero attached hydrogens (tertiary/aromatic N) is 3. The van der Waals surface area contributed by atoms with E-state index >= 15 is 0 Å². The zero-order valence-corrected chi connectivity index (χ0v) is 17.9. The molecule has 0 radical (unpaired) electrons. The summed E-state index contributed by atoms with van der Waals surface area (Å²) in [4.78, 5) is 6.65. The molecule has 0 spiro atoms. The van der Waals surface area contributed by atoms with Crippen LogP contribution in [0.2, 0.25) is 5.02 Å². The Hall–Kier alpha value is -2.29. The molecular formula is C20H23ClN4O3S. The number of halogens is 1. The van der Waals surface area contributed by atoms with E-state index in [9.17, 15) is 8.42 Å². The summed E-state index contributed by atoms with van der Waals surface area (Å²) in [5.74, 6) is 0.616. The molecule has 0 atom stereocenters. The lowest BCUT2D eigenvalue weighted by molar-refractivity contribution is 0.263. The average Bonchev–Trinajstić information content (AvgIpc) is 3.13. The van der Waals surface area contributed by atoms with E-state index in [1.54, 1.807) is 37.4 Å². The average molecular weight is 435 g/mol. The third-order valence-corrected chi connectivity index (χ3v) is 7.13. The van der Waals surface area contributed by atoms with Crippen molar-refractivity contribution in [2.24, 2.45) is 0 Å². The van der Waals surface area contributed by atoms with E-state index in [1.807, 2.05) is 0 Å². The number of piperidine rings is 1. The third-order valence-electron chi connectivity index (χ3n) is 5.27. The Morgan fingerprint density at radius 2 is 1.97 bits per heavy atom. The molecule has 0 saturated carbocycles. The molecule has 1 fully saturated rings. The van der Waals surface area contributed by atoms with Crippen LogP contribution in [0.4, 0.5) is 5.69 Å². The van der Waals surface area contributed by atoms with Gasteiger partial charge in [-0.1, -0.05) is 11.6 Å². The Kier molecular flexibility index (Phi) is 5.42. The van der Waals surface area contributed by atoms with Gasteiger partial charge in [-0.05, 0) is 63.3 Å². The molecular weight excluding hydrogens is 412 g/mol. The molecule has 3 heterocycles. The number of benzene rings is 1. The van der Waals surface area contributed by atoms with Crippen LogP contribution in [0, 0.1) is 0 Å². The number of fused-ring (bicyclic) bond motifs is 1. The van der Waals surface area contributed by atoms with Gasteiger partial charge in [-0.25, -0.2) is 17.4 Å². The summed E-state index contributed by atoms with van der Waals surface area (Å²) in [6.07, 6.45) is 4.92. The smallest absolute Gasteiger partial charge is 0.269 e. The van der Waals surface area contributed by atoms with Gasteiger partial charge >= 0.3 is 0 Å². The van der Waals surface area contributed by atoms with Gasteiger partial charge in [-0.15, -0.1) is 0 Å². The molecule has 29 heavy (non-hydrogen) atoms. The molecule has 0 unspecified atom stereocenters. The Balaban J connectivity index is 1.70. The molecule has 154 valence electrons. The van der Waals surface area contributed by atoms with E-state index in [0.29, 0.717) is 27.5 Å². The van der Waals surface area contributed by atoms with Gasteiger partial charge in [-0.2, -0.15) is 0 Å². The molecule has 0 aliphatic carbocycles. The highest BCUT2D eigenvalue weighted by Crippen LogP contribution is 2.31. The Labute approximate surface area is 175 Å². The minimum absolute atomic E-state index is 0.169. The zero-order valence-electron chi connectivity index (χ0n) is 16.3. The van der Waals surface area contributed by atoms with Crippen LogP contribution in [0.25, 0.3) is 11.0 Å². The van der Waals surface area contributed by atoms with E-state index < -0.39 is 10.0 Å². The van der Waals surface area contributed by atoms with E-state index in [0.717, 1.165) is 25.9 Å². The second-order valence-corrected chi connectivity index (χ2v) is 9.52. The first kappa shape index (κ1) is 20.0. The van der Waals surface area contributed by atoms with E-state index in [2.05, 4.69) is 22.2 Å². The Morgan fingerprint density at radius 3 is 2.69 bits per heavy atom. The van der Waals surface area contributed by atoms with Crippen molar-refractivity contribution in [3.8, 4) is 5.75 Å². The summed E-state index contributed by atoms with van der Waals surface area (Å²) in [5.41, 5.74) is 1.02. The summed E-state index contributed by atoms with van der Waals surface area (Å²) in [6.45, 7) is 2.00. The standard InChI is InChI=1S/C20H23ClN4O3S/c1-24-8-6-16(7-9-24)23-18-12-17(3-4-19(18)28-2)29(26,27)25-10-5-14-11-15(21)13-22-20(14)25/h3-5,10-13,16,23H,6-9H2,1-2H3. The van der Waals surface area contributed by atoms with Gasteiger partial charge in [-0.3, -0.25) is 0 Å². The molecule has 1 N–H and O–H groups in total. The zero-order chi connectivity index (χ0) is 20.6. The molecule has 3 aromatic rings. The maximum absolute atomic E-state index is 13.3. The first-order chi connectivity index (χ1) is 13.9. The van der Waals surface area contributed by atoms with Crippen LogP contribution in [-0.2, 0) is 10.0 Å². The van der Waals surface area contributed by atoms with Gasteiger partial charge < -0.3 is 15.0 Å². The van der Waals surface area contributed by atoms with Crippen molar-refractivity contribution in [2.75, 3.05) is 32.6 Å². The number of pyridine rings is 1. The molecule has 7 nitrogen and oxygen atoms in total. The SMILES string of the molecule is COc1ccc(S(=O)(=O)n2ccc3cc(Cl)cnc32)cc1NC1CCN(C)CC1. The minimum atomic E-state index is -3.82. The Bertz CT molecular complexity index is 1140. The molecule has 1 aromatic carbocycles. The predicted octanol–water partition coefficient (Wildman–Crippen LogP) is 3.44. The number of rotatable bonds is 5. The summed E-state index contributed by atoms with van der Waals surface area (Å²) in [7, 11) is -0.141. The normalized spacial score (nSPS) is 16.2. The van der Waals surface area contributed by atoms with Crippen LogP contribution in [-0.4, -0.2) is 55.6 Å². The molecule has 1 aliphatic rings. The summed E-state index contributed by atoms with van der Waals surface area (Å²) < 4.78 is 33.2. The molecule has 1 saturated heterocycles. The number of ether oxygens (including phenoxy) is 1. The first-order valence-electron chi connectivity index (χ1n) is 9.40. The number of likely N-dealkylation sites (tertiary alicyclic amines) is 1. The monoisotopic (exact) mass is 434 g/mol. The van der Waals surface area contributed by atoms with Crippen molar-refractivity contribution in [2.45, 2.75) is 23.8 Å². The van der Waals surface area contributed by atoms with Gasteiger partial charge in [0, 0.05) is 23.8 Å². The fraction of sp³-hybridized carbons (Fsp3) is 0.350. The topological polar surface area (TPSA) is 76.5 Å². The first-order valence-corrected chi connectivity index (χ1v) is 11.2. The number of aromatic nitrogens is 2. The van der Waals surface area contributed by atoms with Crippen LogP contribution < -0.4 is 10.1 Å². The molecule has 0 bridgehead atoms. The van der Waals surface area contributed by atoms with Crippen molar-refractivity contribution in [3.05, 3.63) is 47.7 Å². The molecule has 9 heteroatoms. The summed E-state index contributed by atoms with van der Waals surface area (Å²) in [5, 5.41) is 4.59. The van der Waals surface area contributed by atoms with Gasteiger partial charge in [0.15, 0.2) is 5.65 Å². The third kappa shape index (κ3) is 3.92. The van der Waals surface area contributed by atoms with Gasteiger partial charge in [0.1, 0.15) is 5.75 Å². The van der Waals surface area contributed by atoms with E-state index in [1.165, 1.54) is 16.4 Å². The lowest BCUT2D eigenvalue weighted by atomic mass is 10.1. The molecule has 0 amide bonds. The van der Waals surface area contributed by atoms with Crippen molar-refractivity contribution in [3.63, 3.8) is 0 Å². The van der Waals surface area contributed by atoms with Crippen LogP contribution in [0.5, 0.6) is 5.75 Å². The number of hydrogen-bond acceptors (Lipinski definition) is 6. The van der Waals surface area contributed by atoms with Gasteiger partial charge in [0.25, 0.3) is 10.0 Å². The van der Waals surface area contributed by atoms with Crippen LogP contribution in [0.3, 0.4) is 0 Å². The summed E-state index contributed by atoms with van der Waals surface area (Å²) >= 11 is 5.97. The van der Waals surface area contributed by atoms with Crippen LogP contribution in [0.1, 0.15) is 12.8 Å². The largest absolute Gasteiger partial charge is 0.495 e. The maximum Gasteiger partial charge on any atom is 0.269 e. The van der Waals surface area contributed by atoms with Crippen molar-refractivity contribution in [1.29, 1.82) is 0 Å². The minimum Gasteiger partial charge on any atom is -0.495 e. The van der Waals surface area contributed by atoms with Gasteiger partial charge in [0.05, 0.1) is 22.7 Å². The number of anilines is 1. The van der Waals surface area contributed by atoms with Gasteiger partial charge in [0.2, 0.25) is 0 Å². The van der Waals surface area contributed by atoms with Crippen molar-refractivity contribution < 1.29 is 13.2 Å². The highest BCUT2D eigenvalue weighted by molar-refractivity contribution is 7.90. The molecule has 1 aliphatic heterocycles. The van der Waals surface area contributed by atoms with Crippen molar-refractivity contribution in [1.82, 2.24) is 13.9 Å². The molecule has 2 aromatic heterocycles. The number of methoxy groups -OCH3 is 1.